The number of carboxylic acids is 1. The second-order valence-electron chi connectivity index (χ2n) is 4.20. The van der Waals surface area contributed by atoms with Crippen LogP contribution in [0.25, 0.3) is 0 Å². The third kappa shape index (κ3) is 12.1. The van der Waals surface area contributed by atoms with Gasteiger partial charge in [0, 0.05) is 20.1 Å². The second kappa shape index (κ2) is 12.3. The van der Waals surface area contributed by atoms with Crippen LogP contribution in [0.3, 0.4) is 0 Å². The smallest absolute Gasteiger partial charge is 0.305 e. The normalized spacial score (nSPS) is 14.3. The van der Waals surface area contributed by atoms with E-state index in [-0.39, 0.29) is 18.6 Å². The third-order valence-corrected chi connectivity index (χ3v) is 2.47. The number of carboxylic acid groups (broad SMARTS) is 1. The van der Waals surface area contributed by atoms with E-state index in [2.05, 4.69) is 0 Å². The fourth-order valence-corrected chi connectivity index (χ4v) is 1.59. The van der Waals surface area contributed by atoms with Gasteiger partial charge in [0.2, 0.25) is 0 Å². The Labute approximate surface area is 115 Å². The molecule has 0 aromatic carbocycles. The standard InChI is InChI=1S/C13H26O6/c1-4-17-6-8-19-12(10-13(14)15)9-11(2)18-7-5-16-3/h11-12H,4-10H2,1-3H3,(H,14,15). The second-order valence-corrected chi connectivity index (χ2v) is 4.20. The van der Waals surface area contributed by atoms with E-state index in [0.717, 1.165) is 0 Å². The van der Waals surface area contributed by atoms with Crippen LogP contribution in [-0.2, 0) is 23.7 Å². The molecule has 0 aliphatic rings. The van der Waals surface area contributed by atoms with Crippen molar-refractivity contribution in [2.24, 2.45) is 0 Å². The Balaban J connectivity index is 3.92. The zero-order valence-electron chi connectivity index (χ0n) is 12.1. The number of aliphatic carboxylic acids is 1. The third-order valence-electron chi connectivity index (χ3n) is 2.47. The molecule has 6 heteroatoms. The van der Waals surface area contributed by atoms with Crippen molar-refractivity contribution in [1.29, 1.82) is 0 Å². The molecule has 114 valence electrons. The number of hydrogen-bond donors (Lipinski definition) is 1. The number of hydrogen-bond acceptors (Lipinski definition) is 5. The van der Waals surface area contributed by atoms with Crippen LogP contribution < -0.4 is 0 Å². The van der Waals surface area contributed by atoms with Gasteiger partial charge in [-0.3, -0.25) is 4.79 Å². The Kier molecular flexibility index (Phi) is 11.9. The monoisotopic (exact) mass is 278 g/mol. The SMILES string of the molecule is CCOCCOC(CC(=O)O)CC(C)OCCOC. The van der Waals surface area contributed by atoms with Crippen molar-refractivity contribution in [3.63, 3.8) is 0 Å². The highest BCUT2D eigenvalue weighted by molar-refractivity contribution is 5.67. The minimum atomic E-state index is -0.870. The Hall–Kier alpha value is -0.690. The van der Waals surface area contributed by atoms with E-state index in [4.69, 9.17) is 24.1 Å². The highest BCUT2D eigenvalue weighted by atomic mass is 16.5. The molecule has 0 saturated heterocycles. The Morgan fingerprint density at radius 3 is 2.42 bits per heavy atom. The lowest BCUT2D eigenvalue weighted by molar-refractivity contribution is -0.141. The molecule has 19 heavy (non-hydrogen) atoms. The summed E-state index contributed by atoms with van der Waals surface area (Å²) in [6.07, 6.45) is 0.105. The van der Waals surface area contributed by atoms with Crippen LogP contribution >= 0.6 is 0 Å². The summed E-state index contributed by atoms with van der Waals surface area (Å²) in [6, 6.07) is 0. The summed E-state index contributed by atoms with van der Waals surface area (Å²) in [7, 11) is 1.61. The first-order valence-electron chi connectivity index (χ1n) is 6.61. The van der Waals surface area contributed by atoms with Gasteiger partial charge in [0.15, 0.2) is 0 Å². The molecule has 0 heterocycles. The predicted octanol–water partition coefficient (Wildman–Crippen LogP) is 1.32. The van der Waals surface area contributed by atoms with E-state index < -0.39 is 5.97 Å². The Bertz CT molecular complexity index is 221. The van der Waals surface area contributed by atoms with E-state index in [1.807, 2.05) is 13.8 Å². The summed E-state index contributed by atoms with van der Waals surface area (Å²) >= 11 is 0. The fraction of sp³-hybridized carbons (Fsp3) is 0.923. The Morgan fingerprint density at radius 1 is 1.16 bits per heavy atom. The van der Waals surface area contributed by atoms with Crippen molar-refractivity contribution >= 4 is 5.97 Å². The molecule has 0 saturated carbocycles. The van der Waals surface area contributed by atoms with Crippen molar-refractivity contribution in [2.45, 2.75) is 38.9 Å². The van der Waals surface area contributed by atoms with Gasteiger partial charge in [-0.2, -0.15) is 0 Å². The minimum absolute atomic E-state index is 0.0237. The van der Waals surface area contributed by atoms with Crippen molar-refractivity contribution in [3.8, 4) is 0 Å². The molecular formula is C13H26O6. The van der Waals surface area contributed by atoms with Crippen molar-refractivity contribution < 1.29 is 28.8 Å². The summed E-state index contributed by atoms with van der Waals surface area (Å²) < 4.78 is 21.0. The zero-order valence-corrected chi connectivity index (χ0v) is 12.1. The molecule has 2 unspecified atom stereocenters. The molecule has 0 spiro atoms. The molecule has 0 bridgehead atoms. The summed E-state index contributed by atoms with van der Waals surface area (Å²) in [6.45, 7) is 6.33. The zero-order chi connectivity index (χ0) is 14.5. The largest absolute Gasteiger partial charge is 0.481 e. The van der Waals surface area contributed by atoms with Crippen molar-refractivity contribution in [1.82, 2.24) is 0 Å². The number of methoxy groups -OCH3 is 1. The molecule has 0 amide bonds. The molecule has 0 aromatic rings. The molecule has 2 atom stereocenters. The van der Waals surface area contributed by atoms with Gasteiger partial charge < -0.3 is 24.1 Å². The van der Waals surface area contributed by atoms with Gasteiger partial charge in [-0.15, -0.1) is 0 Å². The van der Waals surface area contributed by atoms with Crippen LogP contribution in [-0.4, -0.2) is 63.4 Å². The first kappa shape index (κ1) is 18.3. The van der Waals surface area contributed by atoms with Crippen LogP contribution in [0.2, 0.25) is 0 Å². The summed E-state index contributed by atoms with van der Waals surface area (Å²) in [5, 5.41) is 8.84. The van der Waals surface area contributed by atoms with Crippen LogP contribution in [0.4, 0.5) is 0 Å². The molecule has 0 radical (unpaired) electrons. The first-order valence-corrected chi connectivity index (χ1v) is 6.61. The van der Waals surface area contributed by atoms with Gasteiger partial charge in [0.1, 0.15) is 0 Å². The molecule has 0 aromatic heterocycles. The van der Waals surface area contributed by atoms with Gasteiger partial charge >= 0.3 is 5.97 Å². The average molecular weight is 278 g/mol. The summed E-state index contributed by atoms with van der Waals surface area (Å²) in [5.74, 6) is -0.870. The van der Waals surface area contributed by atoms with Gasteiger partial charge in [0.05, 0.1) is 45.1 Å². The quantitative estimate of drug-likeness (QED) is 0.512. The van der Waals surface area contributed by atoms with Gasteiger partial charge in [-0.25, -0.2) is 0 Å². The molecule has 0 aliphatic heterocycles. The van der Waals surface area contributed by atoms with Crippen LogP contribution in [0.15, 0.2) is 0 Å². The van der Waals surface area contributed by atoms with Crippen LogP contribution in [0, 0.1) is 0 Å². The minimum Gasteiger partial charge on any atom is -0.481 e. The van der Waals surface area contributed by atoms with Crippen molar-refractivity contribution in [2.75, 3.05) is 40.1 Å². The van der Waals surface area contributed by atoms with E-state index in [0.29, 0.717) is 39.5 Å². The number of carbonyl (C=O) groups is 1. The lowest BCUT2D eigenvalue weighted by atomic mass is 10.1. The van der Waals surface area contributed by atoms with E-state index in [9.17, 15) is 4.79 Å². The maximum atomic E-state index is 10.8. The molecule has 0 aliphatic carbocycles. The van der Waals surface area contributed by atoms with E-state index in [1.165, 1.54) is 0 Å². The highest BCUT2D eigenvalue weighted by Gasteiger charge is 2.17. The maximum Gasteiger partial charge on any atom is 0.305 e. The average Bonchev–Trinajstić information content (AvgIpc) is 2.34. The highest BCUT2D eigenvalue weighted by Crippen LogP contribution is 2.10. The lowest BCUT2D eigenvalue weighted by Crippen LogP contribution is -2.26. The molecule has 0 rings (SSSR count). The van der Waals surface area contributed by atoms with E-state index in [1.54, 1.807) is 7.11 Å². The molecule has 6 nitrogen and oxygen atoms in total. The lowest BCUT2D eigenvalue weighted by Gasteiger charge is -2.20. The van der Waals surface area contributed by atoms with Crippen LogP contribution in [0.5, 0.6) is 0 Å². The van der Waals surface area contributed by atoms with Gasteiger partial charge in [-0.1, -0.05) is 0 Å². The number of rotatable bonds is 13. The molecular weight excluding hydrogens is 252 g/mol. The fourth-order valence-electron chi connectivity index (χ4n) is 1.59. The van der Waals surface area contributed by atoms with Crippen molar-refractivity contribution in [3.05, 3.63) is 0 Å². The van der Waals surface area contributed by atoms with E-state index >= 15 is 0 Å². The topological polar surface area (TPSA) is 74.2 Å². The Morgan fingerprint density at radius 2 is 1.84 bits per heavy atom. The molecule has 0 fully saturated rings. The van der Waals surface area contributed by atoms with Crippen LogP contribution in [0.1, 0.15) is 26.7 Å². The first-order chi connectivity index (χ1) is 9.10. The summed E-state index contributed by atoms with van der Waals surface area (Å²) in [5.41, 5.74) is 0. The summed E-state index contributed by atoms with van der Waals surface area (Å²) in [4.78, 5) is 10.8. The molecule has 1 N–H and O–H groups in total. The number of ether oxygens (including phenoxy) is 4. The van der Waals surface area contributed by atoms with Gasteiger partial charge in [0.25, 0.3) is 0 Å². The van der Waals surface area contributed by atoms with Gasteiger partial charge in [-0.05, 0) is 13.8 Å². The maximum absolute atomic E-state index is 10.8. The predicted molar refractivity (Wildman–Crippen MR) is 70.4 cm³/mol.